The zero-order valence-corrected chi connectivity index (χ0v) is 27.6. The lowest BCUT2D eigenvalue weighted by Gasteiger charge is -2.25. The van der Waals surface area contributed by atoms with Crippen molar-refractivity contribution >= 4 is 23.9 Å². The maximum atomic E-state index is 13.2. The largest absolute Gasteiger partial charge is 0.491 e. The molecule has 0 spiro atoms. The van der Waals surface area contributed by atoms with E-state index in [0.717, 1.165) is 11.1 Å². The molecule has 0 saturated heterocycles. The Labute approximate surface area is 261 Å². The van der Waals surface area contributed by atoms with E-state index in [1.165, 1.54) is 0 Å². The fraction of sp³-hybridized carbons (Fsp3) is 0.576. The summed E-state index contributed by atoms with van der Waals surface area (Å²) in [6, 6.07) is 10.1. The molecule has 2 rings (SSSR count). The van der Waals surface area contributed by atoms with Crippen LogP contribution in [0.1, 0.15) is 81.6 Å². The van der Waals surface area contributed by atoms with Gasteiger partial charge >= 0.3 is 12.2 Å². The summed E-state index contributed by atoms with van der Waals surface area (Å²) >= 11 is 0. The van der Waals surface area contributed by atoms with Crippen molar-refractivity contribution in [3.63, 3.8) is 0 Å². The van der Waals surface area contributed by atoms with Crippen LogP contribution in [0.5, 0.6) is 5.75 Å². The van der Waals surface area contributed by atoms with E-state index in [9.17, 15) is 19.5 Å². The number of rotatable bonds is 12. The summed E-state index contributed by atoms with van der Waals surface area (Å²) in [5.41, 5.74) is 0.161. The Kier molecular flexibility index (Phi) is 13.0. The van der Waals surface area contributed by atoms with E-state index >= 15 is 0 Å². The minimum atomic E-state index is -0.878. The SMILES string of the molecule is CC(C)(C)OC(=O)NCCCC[C@H](NC(=O)OC(C)(C)C)C(=O)Nc1ccc(-c2ccc(OC[C@@H](O)C(C)(C)C)cc2)cn1. The van der Waals surface area contributed by atoms with Gasteiger partial charge in [0.05, 0.1) is 6.10 Å². The van der Waals surface area contributed by atoms with Crippen LogP contribution < -0.4 is 20.7 Å². The highest BCUT2D eigenvalue weighted by Gasteiger charge is 2.25. The van der Waals surface area contributed by atoms with Gasteiger partial charge in [-0.2, -0.15) is 0 Å². The van der Waals surface area contributed by atoms with Gasteiger partial charge in [-0.25, -0.2) is 14.6 Å². The Morgan fingerprint density at radius 1 is 0.818 bits per heavy atom. The smallest absolute Gasteiger partial charge is 0.408 e. The molecule has 0 radical (unpaired) electrons. The van der Waals surface area contributed by atoms with Crippen LogP contribution in [-0.2, 0) is 14.3 Å². The molecule has 4 N–H and O–H groups in total. The van der Waals surface area contributed by atoms with Gasteiger partial charge in [-0.05, 0) is 96.0 Å². The Hall–Kier alpha value is -3.86. The quantitative estimate of drug-likeness (QED) is 0.211. The summed E-state index contributed by atoms with van der Waals surface area (Å²) in [5.74, 6) is 0.547. The highest BCUT2D eigenvalue weighted by molar-refractivity contribution is 5.96. The Morgan fingerprint density at radius 3 is 1.95 bits per heavy atom. The number of carbonyl (C=O) groups excluding carboxylic acids is 3. The number of hydrogen-bond donors (Lipinski definition) is 4. The highest BCUT2D eigenvalue weighted by atomic mass is 16.6. The molecule has 2 atom stereocenters. The van der Waals surface area contributed by atoms with Crippen LogP contribution >= 0.6 is 0 Å². The molecule has 0 saturated carbocycles. The van der Waals surface area contributed by atoms with Crippen molar-refractivity contribution in [1.29, 1.82) is 0 Å². The fourth-order valence-corrected chi connectivity index (χ4v) is 3.72. The summed E-state index contributed by atoms with van der Waals surface area (Å²) in [5, 5.41) is 18.3. The number of carbonyl (C=O) groups is 3. The number of anilines is 1. The van der Waals surface area contributed by atoms with Gasteiger partial charge in [0, 0.05) is 18.3 Å². The third-order valence-corrected chi connectivity index (χ3v) is 6.21. The molecular weight excluding hydrogens is 564 g/mol. The second kappa shape index (κ2) is 15.7. The number of aliphatic hydroxyl groups is 1. The lowest BCUT2D eigenvalue weighted by Crippen LogP contribution is -2.46. The molecule has 0 fully saturated rings. The summed E-state index contributed by atoms with van der Waals surface area (Å²) in [4.78, 5) is 41.9. The minimum Gasteiger partial charge on any atom is -0.491 e. The van der Waals surface area contributed by atoms with E-state index in [1.54, 1.807) is 53.8 Å². The monoisotopic (exact) mass is 614 g/mol. The second-order valence-electron chi connectivity index (χ2n) is 13.8. The van der Waals surface area contributed by atoms with E-state index in [0.29, 0.717) is 37.4 Å². The molecule has 44 heavy (non-hydrogen) atoms. The van der Waals surface area contributed by atoms with Crippen LogP contribution in [0.2, 0.25) is 0 Å². The average molecular weight is 615 g/mol. The fourth-order valence-electron chi connectivity index (χ4n) is 3.72. The van der Waals surface area contributed by atoms with E-state index in [2.05, 4.69) is 20.9 Å². The molecule has 0 bridgehead atoms. The first-order chi connectivity index (χ1) is 20.3. The molecule has 1 aromatic carbocycles. The standard InChI is InChI=1S/C33H50N4O7/c1-31(2,3)26(38)21-42-24-16-13-22(14-17-24)23-15-18-27(35-20-23)37-28(39)25(36-30(41)44-33(7,8)9)12-10-11-19-34-29(40)43-32(4,5)6/h13-18,20,25-26,38H,10-12,19,21H2,1-9H3,(H,34,40)(H,36,41)(H,35,37,39)/t25-,26+/m0/s1. The minimum absolute atomic E-state index is 0.200. The van der Waals surface area contributed by atoms with Crippen molar-refractivity contribution in [2.24, 2.45) is 5.41 Å². The van der Waals surface area contributed by atoms with Gasteiger partial charge < -0.3 is 35.3 Å². The van der Waals surface area contributed by atoms with Gasteiger partial charge in [-0.1, -0.05) is 32.9 Å². The van der Waals surface area contributed by atoms with Crippen molar-refractivity contribution in [2.75, 3.05) is 18.5 Å². The molecule has 0 aliphatic heterocycles. The second-order valence-corrected chi connectivity index (χ2v) is 13.8. The summed E-state index contributed by atoms with van der Waals surface area (Å²) in [6.07, 6.45) is 1.29. The summed E-state index contributed by atoms with van der Waals surface area (Å²) < 4.78 is 16.3. The number of unbranched alkanes of at least 4 members (excludes halogenated alkanes) is 1. The summed E-state index contributed by atoms with van der Waals surface area (Å²) in [7, 11) is 0. The number of aliphatic hydroxyl groups excluding tert-OH is 1. The first-order valence-electron chi connectivity index (χ1n) is 15.0. The molecule has 3 amide bonds. The number of amides is 3. The Morgan fingerprint density at radius 2 is 1.41 bits per heavy atom. The van der Waals surface area contributed by atoms with Gasteiger partial charge in [-0.3, -0.25) is 4.79 Å². The average Bonchev–Trinajstić information content (AvgIpc) is 2.89. The number of pyridine rings is 1. The Bertz CT molecular complexity index is 1210. The van der Waals surface area contributed by atoms with E-state index in [1.807, 2.05) is 51.1 Å². The molecule has 0 aliphatic carbocycles. The topological polar surface area (TPSA) is 148 Å². The molecule has 0 aliphatic rings. The van der Waals surface area contributed by atoms with E-state index < -0.39 is 41.4 Å². The molecule has 244 valence electrons. The first-order valence-corrected chi connectivity index (χ1v) is 15.0. The molecule has 1 aromatic heterocycles. The number of hydrogen-bond acceptors (Lipinski definition) is 8. The van der Waals surface area contributed by atoms with E-state index in [4.69, 9.17) is 14.2 Å². The predicted octanol–water partition coefficient (Wildman–Crippen LogP) is 6.06. The van der Waals surface area contributed by atoms with Crippen molar-refractivity contribution in [1.82, 2.24) is 15.6 Å². The number of benzene rings is 1. The van der Waals surface area contributed by atoms with Crippen molar-refractivity contribution < 1.29 is 33.7 Å². The maximum absolute atomic E-state index is 13.2. The van der Waals surface area contributed by atoms with Gasteiger partial charge in [0.2, 0.25) is 5.91 Å². The van der Waals surface area contributed by atoms with Crippen LogP contribution in [0.4, 0.5) is 15.4 Å². The third-order valence-electron chi connectivity index (χ3n) is 6.21. The molecule has 2 aromatic rings. The van der Waals surface area contributed by atoms with Crippen LogP contribution in [0.15, 0.2) is 42.6 Å². The highest BCUT2D eigenvalue weighted by Crippen LogP contribution is 2.24. The number of aromatic nitrogens is 1. The van der Waals surface area contributed by atoms with Crippen LogP contribution in [0.3, 0.4) is 0 Å². The zero-order chi connectivity index (χ0) is 33.1. The first kappa shape index (κ1) is 36.3. The molecule has 1 heterocycles. The molecular formula is C33H50N4O7. The van der Waals surface area contributed by atoms with E-state index in [-0.39, 0.29) is 12.0 Å². The van der Waals surface area contributed by atoms with Crippen molar-refractivity contribution in [3.05, 3.63) is 42.6 Å². The van der Waals surface area contributed by atoms with Crippen LogP contribution in [0.25, 0.3) is 11.1 Å². The molecule has 0 unspecified atom stereocenters. The van der Waals surface area contributed by atoms with Gasteiger partial charge in [0.25, 0.3) is 0 Å². The lowest BCUT2D eigenvalue weighted by molar-refractivity contribution is -0.118. The zero-order valence-electron chi connectivity index (χ0n) is 27.6. The molecule has 11 heteroatoms. The maximum Gasteiger partial charge on any atom is 0.408 e. The van der Waals surface area contributed by atoms with Crippen LogP contribution in [-0.4, -0.2) is 64.7 Å². The molecule has 11 nitrogen and oxygen atoms in total. The Balaban J connectivity index is 1.98. The van der Waals surface area contributed by atoms with Gasteiger partial charge in [-0.15, -0.1) is 0 Å². The third kappa shape index (κ3) is 14.1. The van der Waals surface area contributed by atoms with Crippen molar-refractivity contribution in [2.45, 2.75) is 105 Å². The lowest BCUT2D eigenvalue weighted by atomic mass is 9.90. The number of alkyl carbamates (subject to hydrolysis) is 2. The number of nitrogens with zero attached hydrogens (tertiary/aromatic N) is 1. The van der Waals surface area contributed by atoms with Gasteiger partial charge in [0.15, 0.2) is 0 Å². The van der Waals surface area contributed by atoms with Gasteiger partial charge in [0.1, 0.15) is 35.4 Å². The predicted molar refractivity (Wildman–Crippen MR) is 171 cm³/mol. The normalized spacial score (nSPS) is 13.3. The summed E-state index contributed by atoms with van der Waals surface area (Å²) in [6.45, 7) is 17.0. The van der Waals surface area contributed by atoms with Crippen LogP contribution in [0, 0.1) is 5.41 Å². The van der Waals surface area contributed by atoms with Crippen molar-refractivity contribution in [3.8, 4) is 16.9 Å². The number of nitrogens with one attached hydrogen (secondary N) is 3. The number of ether oxygens (including phenoxy) is 3.